The van der Waals surface area contributed by atoms with Crippen LogP contribution < -0.4 is 16.0 Å². The zero-order valence-electron chi connectivity index (χ0n) is 13.2. The molecule has 3 N–H and O–H groups in total. The molecule has 0 aromatic carbocycles. The molecule has 0 aromatic heterocycles. The van der Waals surface area contributed by atoms with Crippen molar-refractivity contribution in [2.75, 3.05) is 26.2 Å². The molecule has 0 aliphatic carbocycles. The lowest BCUT2D eigenvalue weighted by Gasteiger charge is -2.28. The van der Waals surface area contributed by atoms with Crippen LogP contribution in [0.15, 0.2) is 0 Å². The highest BCUT2D eigenvalue weighted by molar-refractivity contribution is 5.85. The molecule has 1 saturated heterocycles. The molecule has 1 aliphatic heterocycles. The van der Waals surface area contributed by atoms with E-state index in [-0.39, 0.29) is 24.2 Å². The van der Waals surface area contributed by atoms with Crippen LogP contribution in [-0.4, -0.2) is 38.0 Å². The van der Waals surface area contributed by atoms with Crippen molar-refractivity contribution < 1.29 is 9.59 Å². The van der Waals surface area contributed by atoms with Gasteiger partial charge in [0.15, 0.2) is 0 Å². The van der Waals surface area contributed by atoms with E-state index in [9.17, 15) is 9.59 Å². The van der Waals surface area contributed by atoms with Crippen LogP contribution in [0.5, 0.6) is 0 Å². The first-order valence-electron chi connectivity index (χ1n) is 7.87. The second-order valence-corrected chi connectivity index (χ2v) is 5.74. The first-order valence-corrected chi connectivity index (χ1v) is 7.87. The molecule has 21 heavy (non-hydrogen) atoms. The lowest BCUT2D eigenvalue weighted by molar-refractivity contribution is -0.123. The van der Waals surface area contributed by atoms with Crippen LogP contribution in [0.4, 0.5) is 0 Å². The first-order chi connectivity index (χ1) is 9.63. The summed E-state index contributed by atoms with van der Waals surface area (Å²) in [6.07, 6.45) is 4.27. The Labute approximate surface area is 134 Å². The first kappa shape index (κ1) is 20.2. The molecule has 0 bridgehead atoms. The van der Waals surface area contributed by atoms with Crippen LogP contribution in [0.1, 0.15) is 46.0 Å². The predicted molar refractivity (Wildman–Crippen MR) is 87.6 cm³/mol. The van der Waals surface area contributed by atoms with E-state index in [1.807, 2.05) is 6.92 Å². The lowest BCUT2D eigenvalue weighted by atomic mass is 9.85. The maximum Gasteiger partial charge on any atom is 0.221 e. The molecular formula is C15H30ClN3O2. The van der Waals surface area contributed by atoms with Crippen molar-refractivity contribution >= 4 is 24.2 Å². The molecule has 0 aromatic rings. The van der Waals surface area contributed by atoms with E-state index in [0.29, 0.717) is 37.8 Å². The number of piperidine rings is 1. The van der Waals surface area contributed by atoms with Crippen molar-refractivity contribution in [1.29, 1.82) is 0 Å². The molecular weight excluding hydrogens is 290 g/mol. The Morgan fingerprint density at radius 2 is 1.95 bits per heavy atom. The molecule has 2 atom stereocenters. The number of carbonyl (C=O) groups excluding carboxylic acids is 2. The fourth-order valence-corrected chi connectivity index (χ4v) is 2.56. The minimum Gasteiger partial charge on any atom is -0.356 e. The molecule has 1 heterocycles. The Balaban J connectivity index is 0.00000400. The average molecular weight is 320 g/mol. The molecule has 5 nitrogen and oxygen atoms in total. The average Bonchev–Trinajstić information content (AvgIpc) is 2.46. The third kappa shape index (κ3) is 8.94. The van der Waals surface area contributed by atoms with Crippen molar-refractivity contribution in [3.8, 4) is 0 Å². The van der Waals surface area contributed by atoms with Gasteiger partial charge in [-0.15, -0.1) is 12.4 Å². The van der Waals surface area contributed by atoms with Crippen LogP contribution >= 0.6 is 12.4 Å². The van der Waals surface area contributed by atoms with E-state index in [1.54, 1.807) is 0 Å². The van der Waals surface area contributed by atoms with Crippen LogP contribution in [0, 0.1) is 11.8 Å². The highest BCUT2D eigenvalue weighted by atomic mass is 35.5. The smallest absolute Gasteiger partial charge is 0.221 e. The zero-order chi connectivity index (χ0) is 14.8. The van der Waals surface area contributed by atoms with Crippen LogP contribution in [0.2, 0.25) is 0 Å². The van der Waals surface area contributed by atoms with Gasteiger partial charge in [-0.3, -0.25) is 9.59 Å². The number of hydrogen-bond donors (Lipinski definition) is 3. The monoisotopic (exact) mass is 319 g/mol. The topological polar surface area (TPSA) is 70.2 Å². The summed E-state index contributed by atoms with van der Waals surface area (Å²) < 4.78 is 0. The summed E-state index contributed by atoms with van der Waals surface area (Å²) in [5.41, 5.74) is 0. The van der Waals surface area contributed by atoms with E-state index in [0.717, 1.165) is 19.5 Å². The largest absolute Gasteiger partial charge is 0.356 e. The van der Waals surface area contributed by atoms with Crippen molar-refractivity contribution in [3.63, 3.8) is 0 Å². The number of rotatable bonds is 8. The molecule has 1 fully saturated rings. The number of amides is 2. The SMILES string of the molecule is CCCNC(=O)CCNC(=O)CC(C)C1CCCNC1.Cl. The lowest BCUT2D eigenvalue weighted by Crippen LogP contribution is -2.36. The third-order valence-electron chi connectivity index (χ3n) is 3.89. The van der Waals surface area contributed by atoms with Crippen molar-refractivity contribution in [2.24, 2.45) is 11.8 Å². The van der Waals surface area contributed by atoms with E-state index in [1.165, 1.54) is 12.8 Å². The van der Waals surface area contributed by atoms with Crippen LogP contribution in [-0.2, 0) is 9.59 Å². The van der Waals surface area contributed by atoms with E-state index in [4.69, 9.17) is 0 Å². The maximum absolute atomic E-state index is 11.8. The molecule has 2 unspecified atom stereocenters. The van der Waals surface area contributed by atoms with E-state index >= 15 is 0 Å². The number of hydrogen-bond acceptors (Lipinski definition) is 3. The minimum absolute atomic E-state index is 0. The predicted octanol–water partition coefficient (Wildman–Crippen LogP) is 1.47. The standard InChI is InChI=1S/C15H29N3O2.ClH/c1-3-7-17-14(19)6-9-18-15(20)10-12(2)13-5-4-8-16-11-13;/h12-13,16H,3-11H2,1-2H3,(H,17,19)(H,18,20);1H. The normalized spacial score (nSPS) is 19.2. The van der Waals surface area contributed by atoms with Gasteiger partial charge in [-0.2, -0.15) is 0 Å². The van der Waals surface area contributed by atoms with Gasteiger partial charge in [-0.25, -0.2) is 0 Å². The zero-order valence-corrected chi connectivity index (χ0v) is 14.1. The summed E-state index contributed by atoms with van der Waals surface area (Å²) in [5.74, 6) is 1.07. The van der Waals surface area contributed by atoms with Crippen LogP contribution in [0.25, 0.3) is 0 Å². The van der Waals surface area contributed by atoms with E-state index in [2.05, 4.69) is 22.9 Å². The molecule has 0 saturated carbocycles. The molecule has 1 aliphatic rings. The molecule has 2 amide bonds. The summed E-state index contributed by atoms with van der Waals surface area (Å²) in [6.45, 7) is 7.42. The second kappa shape index (κ2) is 11.8. The van der Waals surface area contributed by atoms with Crippen LogP contribution in [0.3, 0.4) is 0 Å². The van der Waals surface area contributed by atoms with E-state index < -0.39 is 0 Å². The molecule has 0 radical (unpaired) electrons. The summed E-state index contributed by atoms with van der Waals surface area (Å²) in [7, 11) is 0. The Morgan fingerprint density at radius 3 is 2.57 bits per heavy atom. The molecule has 0 spiro atoms. The highest BCUT2D eigenvalue weighted by Crippen LogP contribution is 2.22. The number of nitrogens with one attached hydrogen (secondary N) is 3. The van der Waals surface area contributed by atoms with Gasteiger partial charge in [-0.1, -0.05) is 13.8 Å². The Bertz CT molecular complexity index is 307. The van der Waals surface area contributed by atoms with Gasteiger partial charge >= 0.3 is 0 Å². The fourth-order valence-electron chi connectivity index (χ4n) is 2.56. The minimum atomic E-state index is 0. The summed E-state index contributed by atoms with van der Waals surface area (Å²) in [4.78, 5) is 23.2. The Morgan fingerprint density at radius 1 is 1.24 bits per heavy atom. The van der Waals surface area contributed by atoms with Crippen molar-refractivity contribution in [2.45, 2.75) is 46.0 Å². The van der Waals surface area contributed by atoms with Gasteiger partial charge in [0, 0.05) is 25.9 Å². The van der Waals surface area contributed by atoms with Gasteiger partial charge in [0.1, 0.15) is 0 Å². The van der Waals surface area contributed by atoms with Gasteiger partial charge in [0.2, 0.25) is 11.8 Å². The summed E-state index contributed by atoms with van der Waals surface area (Å²) in [5, 5.41) is 9.02. The number of carbonyl (C=O) groups is 2. The third-order valence-corrected chi connectivity index (χ3v) is 3.89. The Hall–Kier alpha value is -0.810. The van der Waals surface area contributed by atoms with Gasteiger partial charge in [-0.05, 0) is 44.2 Å². The Kier molecular flexibility index (Phi) is 11.4. The summed E-state index contributed by atoms with van der Waals surface area (Å²) in [6, 6.07) is 0. The van der Waals surface area contributed by atoms with Crippen molar-refractivity contribution in [3.05, 3.63) is 0 Å². The summed E-state index contributed by atoms with van der Waals surface area (Å²) >= 11 is 0. The maximum atomic E-state index is 11.8. The quantitative estimate of drug-likeness (QED) is 0.634. The van der Waals surface area contributed by atoms with Gasteiger partial charge in [0.25, 0.3) is 0 Å². The molecule has 124 valence electrons. The number of halogens is 1. The van der Waals surface area contributed by atoms with Gasteiger partial charge in [0.05, 0.1) is 0 Å². The molecule has 1 rings (SSSR count). The van der Waals surface area contributed by atoms with Gasteiger partial charge < -0.3 is 16.0 Å². The molecule has 6 heteroatoms. The fraction of sp³-hybridized carbons (Fsp3) is 0.867. The second-order valence-electron chi connectivity index (χ2n) is 5.74. The van der Waals surface area contributed by atoms with Crippen molar-refractivity contribution in [1.82, 2.24) is 16.0 Å². The highest BCUT2D eigenvalue weighted by Gasteiger charge is 2.21.